The third-order valence-corrected chi connectivity index (χ3v) is 7.54. The number of rotatable bonds is 4. The minimum absolute atomic E-state index is 0.0965. The summed E-state index contributed by atoms with van der Waals surface area (Å²) in [5.41, 5.74) is 0.239. The largest absolute Gasteiger partial charge is 0.497 e. The van der Waals surface area contributed by atoms with Gasteiger partial charge in [0.15, 0.2) is 0 Å². The van der Waals surface area contributed by atoms with Gasteiger partial charge in [0.2, 0.25) is 5.91 Å². The topological polar surface area (TPSA) is 73.3 Å². The van der Waals surface area contributed by atoms with Crippen LogP contribution < -0.4 is 4.74 Å². The van der Waals surface area contributed by atoms with Gasteiger partial charge < -0.3 is 9.84 Å². The molecule has 1 aromatic rings. The van der Waals surface area contributed by atoms with E-state index in [0.29, 0.717) is 32.1 Å². The maximum atomic E-state index is 13.7. The Bertz CT molecular complexity index is 814. The number of nitrogens with zero attached hydrogens (tertiary/aromatic N) is 3. The highest BCUT2D eigenvalue weighted by Gasteiger charge is 2.64. The van der Waals surface area contributed by atoms with E-state index in [4.69, 9.17) is 4.74 Å². The number of aliphatic hydroxyl groups is 1. The molecule has 0 aromatic heterocycles. The van der Waals surface area contributed by atoms with E-state index in [2.05, 4.69) is 4.90 Å². The molecule has 1 aliphatic carbocycles. The Morgan fingerprint density at radius 3 is 2.47 bits per heavy atom. The predicted molar refractivity (Wildman–Crippen MR) is 111 cm³/mol. The molecule has 4 fully saturated rings. The van der Waals surface area contributed by atoms with Crippen molar-refractivity contribution in [2.75, 3.05) is 26.7 Å². The van der Waals surface area contributed by atoms with Gasteiger partial charge in [0.25, 0.3) is 5.91 Å². The Morgan fingerprint density at radius 1 is 1.10 bits per heavy atom. The first-order valence-electron chi connectivity index (χ1n) is 11.2. The van der Waals surface area contributed by atoms with Crippen molar-refractivity contribution >= 4 is 11.8 Å². The summed E-state index contributed by atoms with van der Waals surface area (Å²) in [6.07, 6.45) is 6.09. The van der Waals surface area contributed by atoms with E-state index < -0.39 is 17.7 Å². The second-order valence-corrected chi connectivity index (χ2v) is 9.36. The number of benzene rings is 1. The van der Waals surface area contributed by atoms with Crippen molar-refractivity contribution < 1.29 is 19.4 Å². The van der Waals surface area contributed by atoms with Gasteiger partial charge in [0, 0.05) is 25.7 Å². The fraction of sp³-hybridized carbons (Fsp3) is 0.652. The molecule has 0 bridgehead atoms. The molecule has 1 N–H and O–H groups in total. The zero-order valence-corrected chi connectivity index (χ0v) is 17.6. The number of piperazine rings is 1. The highest BCUT2D eigenvalue weighted by atomic mass is 16.5. The molecule has 3 saturated heterocycles. The number of likely N-dealkylation sites (tertiary alicyclic amines) is 1. The molecule has 7 heteroatoms. The molecule has 7 nitrogen and oxygen atoms in total. The lowest BCUT2D eigenvalue weighted by Crippen LogP contribution is -2.82. The fourth-order valence-corrected chi connectivity index (χ4v) is 5.89. The molecule has 2 amide bonds. The van der Waals surface area contributed by atoms with Crippen LogP contribution in [0.25, 0.3) is 0 Å². The monoisotopic (exact) mass is 413 g/mol. The minimum Gasteiger partial charge on any atom is -0.497 e. The quantitative estimate of drug-likeness (QED) is 0.752. The summed E-state index contributed by atoms with van der Waals surface area (Å²) in [6.45, 7) is 2.03. The van der Waals surface area contributed by atoms with E-state index in [1.807, 2.05) is 29.2 Å². The molecule has 1 spiro atoms. The van der Waals surface area contributed by atoms with Crippen LogP contribution in [0.5, 0.6) is 5.75 Å². The number of amides is 2. The van der Waals surface area contributed by atoms with Crippen molar-refractivity contribution in [2.45, 2.75) is 68.8 Å². The van der Waals surface area contributed by atoms with Crippen molar-refractivity contribution in [1.29, 1.82) is 0 Å². The molecule has 2 unspecified atom stereocenters. The summed E-state index contributed by atoms with van der Waals surface area (Å²) in [4.78, 5) is 32.8. The number of aliphatic hydroxyl groups excluding tert-OH is 1. The summed E-state index contributed by atoms with van der Waals surface area (Å²) in [5.74, 6) is 0.480. The van der Waals surface area contributed by atoms with Gasteiger partial charge in [-0.3, -0.25) is 24.3 Å². The number of carbonyl (C=O) groups is 2. The number of fused-ring (bicyclic) bond motifs is 2. The molecule has 5 rings (SSSR count). The molecule has 30 heavy (non-hydrogen) atoms. The normalized spacial score (nSPS) is 29.9. The standard InChI is InChI=1S/C23H31N3O4/c1-30-19-9-7-16(8-10-19)12-25-21(28)20-11-18(27)13-26(20)23(22(25)29)14-24(15-23)17-5-3-2-4-6-17/h7-10,17-18,20,27H,2-6,11-15H2,1H3. The molecule has 4 aliphatic rings. The first-order valence-corrected chi connectivity index (χ1v) is 11.2. The van der Waals surface area contributed by atoms with Crippen LogP contribution in [0.1, 0.15) is 44.1 Å². The Labute approximate surface area is 177 Å². The van der Waals surface area contributed by atoms with Crippen molar-refractivity contribution in [1.82, 2.24) is 14.7 Å². The molecule has 162 valence electrons. The maximum absolute atomic E-state index is 13.7. The average molecular weight is 414 g/mol. The van der Waals surface area contributed by atoms with Crippen LogP contribution in [0.15, 0.2) is 24.3 Å². The molecule has 1 aromatic carbocycles. The van der Waals surface area contributed by atoms with Crippen molar-refractivity contribution in [2.24, 2.45) is 0 Å². The van der Waals surface area contributed by atoms with Crippen LogP contribution >= 0.6 is 0 Å². The maximum Gasteiger partial charge on any atom is 0.252 e. The Hall–Kier alpha value is -1.96. The fourth-order valence-electron chi connectivity index (χ4n) is 5.89. The highest BCUT2D eigenvalue weighted by Crippen LogP contribution is 2.43. The third kappa shape index (κ3) is 3.15. The Kier molecular flexibility index (Phi) is 5.08. The predicted octanol–water partition coefficient (Wildman–Crippen LogP) is 1.39. The molecule has 3 heterocycles. The van der Waals surface area contributed by atoms with E-state index in [1.54, 1.807) is 7.11 Å². The Balaban J connectivity index is 1.39. The second kappa shape index (κ2) is 7.62. The second-order valence-electron chi connectivity index (χ2n) is 9.36. The van der Waals surface area contributed by atoms with Gasteiger partial charge in [-0.05, 0) is 37.0 Å². The van der Waals surface area contributed by atoms with Crippen molar-refractivity contribution in [3.63, 3.8) is 0 Å². The van der Waals surface area contributed by atoms with E-state index in [9.17, 15) is 14.7 Å². The minimum atomic E-state index is -0.667. The molecular formula is C23H31N3O4. The van der Waals surface area contributed by atoms with Gasteiger partial charge in [-0.2, -0.15) is 0 Å². The number of β-amino-alcohol motifs (C(OH)–C–C–N with tert-alkyl or cyclic N) is 1. The van der Waals surface area contributed by atoms with Crippen LogP contribution in [-0.2, 0) is 16.1 Å². The van der Waals surface area contributed by atoms with Gasteiger partial charge in [-0.15, -0.1) is 0 Å². The zero-order valence-electron chi connectivity index (χ0n) is 17.6. The van der Waals surface area contributed by atoms with Crippen LogP contribution in [-0.4, -0.2) is 82.1 Å². The van der Waals surface area contributed by atoms with E-state index in [-0.39, 0.29) is 18.4 Å². The van der Waals surface area contributed by atoms with Crippen molar-refractivity contribution in [3.8, 4) is 5.75 Å². The number of hydrogen-bond acceptors (Lipinski definition) is 6. The van der Waals surface area contributed by atoms with E-state index >= 15 is 0 Å². The van der Waals surface area contributed by atoms with Gasteiger partial charge in [-0.1, -0.05) is 31.4 Å². The van der Waals surface area contributed by atoms with Crippen molar-refractivity contribution in [3.05, 3.63) is 29.8 Å². The Morgan fingerprint density at radius 2 is 1.80 bits per heavy atom. The summed E-state index contributed by atoms with van der Waals surface area (Å²) in [5, 5.41) is 10.3. The number of carbonyl (C=O) groups excluding carboxylic acids is 2. The summed E-state index contributed by atoms with van der Waals surface area (Å²) >= 11 is 0. The number of ether oxygens (including phenoxy) is 1. The molecular weight excluding hydrogens is 382 g/mol. The molecule has 2 atom stereocenters. The molecule has 3 aliphatic heterocycles. The van der Waals surface area contributed by atoms with Gasteiger partial charge in [0.1, 0.15) is 11.3 Å². The summed E-state index contributed by atoms with van der Waals surface area (Å²) in [7, 11) is 1.62. The average Bonchev–Trinajstić information content (AvgIpc) is 3.13. The first-order chi connectivity index (χ1) is 14.5. The number of methoxy groups -OCH3 is 1. The van der Waals surface area contributed by atoms with Gasteiger partial charge in [-0.25, -0.2) is 0 Å². The van der Waals surface area contributed by atoms with Gasteiger partial charge >= 0.3 is 0 Å². The number of imide groups is 1. The van der Waals surface area contributed by atoms with E-state index in [0.717, 1.165) is 11.3 Å². The highest BCUT2D eigenvalue weighted by molar-refractivity contribution is 6.06. The van der Waals surface area contributed by atoms with Crippen LogP contribution in [0.2, 0.25) is 0 Å². The number of hydrogen-bond donors (Lipinski definition) is 1. The van der Waals surface area contributed by atoms with E-state index in [1.165, 1.54) is 37.0 Å². The first kappa shape index (κ1) is 20.0. The van der Waals surface area contributed by atoms with Gasteiger partial charge in [0.05, 0.1) is 25.8 Å². The van der Waals surface area contributed by atoms with Crippen LogP contribution in [0, 0.1) is 0 Å². The SMILES string of the molecule is COc1ccc(CN2C(=O)C3CC(O)CN3C3(CN(C4CCCCC4)C3)C2=O)cc1. The zero-order chi connectivity index (χ0) is 20.9. The molecule has 1 saturated carbocycles. The lowest BCUT2D eigenvalue weighted by Gasteiger charge is -2.60. The summed E-state index contributed by atoms with van der Waals surface area (Å²) in [6, 6.07) is 7.65. The summed E-state index contributed by atoms with van der Waals surface area (Å²) < 4.78 is 5.21. The molecule has 0 radical (unpaired) electrons. The smallest absolute Gasteiger partial charge is 0.252 e. The van der Waals surface area contributed by atoms with Crippen LogP contribution in [0.3, 0.4) is 0 Å². The lowest BCUT2D eigenvalue weighted by atomic mass is 9.79. The van der Waals surface area contributed by atoms with Crippen LogP contribution in [0.4, 0.5) is 0 Å². The third-order valence-electron chi connectivity index (χ3n) is 7.54. The lowest BCUT2D eigenvalue weighted by molar-refractivity contribution is -0.183.